The van der Waals surface area contributed by atoms with Crippen molar-refractivity contribution < 1.29 is 13.5 Å². The Bertz CT molecular complexity index is 538. The van der Waals surface area contributed by atoms with E-state index in [2.05, 4.69) is 5.32 Å². The van der Waals surface area contributed by atoms with Gasteiger partial charge in [0.2, 0.25) is 10.0 Å². The van der Waals surface area contributed by atoms with Crippen molar-refractivity contribution >= 4 is 10.0 Å². The first-order valence-corrected chi connectivity index (χ1v) is 8.34. The molecule has 0 bridgehead atoms. The lowest BCUT2D eigenvalue weighted by molar-refractivity contribution is 0.250. The van der Waals surface area contributed by atoms with Gasteiger partial charge in [0, 0.05) is 18.6 Å². The molecule has 0 aliphatic heterocycles. The molecule has 0 amide bonds. The molecule has 1 fully saturated rings. The van der Waals surface area contributed by atoms with Crippen molar-refractivity contribution in [2.24, 2.45) is 0 Å². The molecular formula is C14H22N2O3S. The Labute approximate surface area is 120 Å². The second-order valence-corrected chi connectivity index (χ2v) is 7.04. The van der Waals surface area contributed by atoms with Crippen molar-refractivity contribution in [1.29, 1.82) is 0 Å². The van der Waals surface area contributed by atoms with E-state index < -0.39 is 10.0 Å². The van der Waals surface area contributed by atoms with Gasteiger partial charge in [0.25, 0.3) is 0 Å². The topological polar surface area (TPSA) is 69.6 Å². The number of aliphatic hydroxyl groups excluding tert-OH is 1. The van der Waals surface area contributed by atoms with Gasteiger partial charge in [-0.05, 0) is 44.5 Å². The fourth-order valence-electron chi connectivity index (χ4n) is 2.19. The van der Waals surface area contributed by atoms with Crippen molar-refractivity contribution in [2.45, 2.75) is 36.7 Å². The van der Waals surface area contributed by atoms with Gasteiger partial charge in [0.1, 0.15) is 0 Å². The molecule has 1 aromatic carbocycles. The molecule has 112 valence electrons. The molecule has 6 heteroatoms. The molecular weight excluding hydrogens is 276 g/mol. The van der Waals surface area contributed by atoms with Crippen LogP contribution in [0.25, 0.3) is 0 Å². The predicted octanol–water partition coefficient (Wildman–Crippen LogP) is 1.11. The van der Waals surface area contributed by atoms with Crippen LogP contribution >= 0.6 is 0 Å². The number of nitrogens with zero attached hydrogens (tertiary/aromatic N) is 1. The van der Waals surface area contributed by atoms with Crippen molar-refractivity contribution in [1.82, 2.24) is 9.62 Å². The Balaban J connectivity index is 2.24. The maximum absolute atomic E-state index is 12.6. The molecule has 1 unspecified atom stereocenters. The van der Waals surface area contributed by atoms with Crippen LogP contribution in [0.4, 0.5) is 0 Å². The third-order valence-electron chi connectivity index (χ3n) is 3.69. The number of sulfonamides is 1. The van der Waals surface area contributed by atoms with E-state index in [1.807, 2.05) is 26.1 Å². The first-order chi connectivity index (χ1) is 9.50. The summed E-state index contributed by atoms with van der Waals surface area (Å²) in [7, 11) is -1.63. The number of hydrogen-bond acceptors (Lipinski definition) is 4. The van der Waals surface area contributed by atoms with Crippen LogP contribution in [0.5, 0.6) is 0 Å². The summed E-state index contributed by atoms with van der Waals surface area (Å²) >= 11 is 0. The van der Waals surface area contributed by atoms with Gasteiger partial charge in [-0.3, -0.25) is 0 Å². The summed E-state index contributed by atoms with van der Waals surface area (Å²) in [5.41, 5.74) is 1.05. The van der Waals surface area contributed by atoms with E-state index in [4.69, 9.17) is 5.11 Å². The molecule has 1 aliphatic rings. The van der Waals surface area contributed by atoms with E-state index in [-0.39, 0.29) is 25.2 Å². The summed E-state index contributed by atoms with van der Waals surface area (Å²) < 4.78 is 26.5. The van der Waals surface area contributed by atoms with Crippen LogP contribution in [0, 0.1) is 0 Å². The Kier molecular flexibility index (Phi) is 4.80. The lowest BCUT2D eigenvalue weighted by atomic mass is 10.1. The quantitative estimate of drug-likeness (QED) is 0.791. The maximum atomic E-state index is 12.6. The van der Waals surface area contributed by atoms with Crippen LogP contribution < -0.4 is 5.32 Å². The minimum absolute atomic E-state index is 0.0584. The SMILES string of the molecule is CNC(C)c1ccc(S(=O)(=O)N(CCO)C2CC2)cc1. The molecule has 0 radical (unpaired) electrons. The van der Waals surface area contributed by atoms with Gasteiger partial charge in [0.15, 0.2) is 0 Å². The van der Waals surface area contributed by atoms with Gasteiger partial charge in [-0.15, -0.1) is 0 Å². The second kappa shape index (κ2) is 6.22. The highest BCUT2D eigenvalue weighted by atomic mass is 32.2. The lowest BCUT2D eigenvalue weighted by Crippen LogP contribution is -2.35. The van der Waals surface area contributed by atoms with Crippen LogP contribution in [0.3, 0.4) is 0 Å². The molecule has 0 saturated heterocycles. The van der Waals surface area contributed by atoms with E-state index >= 15 is 0 Å². The van der Waals surface area contributed by atoms with Crippen molar-refractivity contribution in [3.8, 4) is 0 Å². The number of nitrogens with one attached hydrogen (secondary N) is 1. The summed E-state index contributed by atoms with van der Waals surface area (Å²) in [5, 5.41) is 12.2. The molecule has 1 aliphatic carbocycles. The van der Waals surface area contributed by atoms with E-state index in [0.29, 0.717) is 4.90 Å². The second-order valence-electron chi connectivity index (χ2n) is 5.15. The Hall–Kier alpha value is -0.950. The largest absolute Gasteiger partial charge is 0.395 e. The molecule has 1 aromatic rings. The number of aliphatic hydroxyl groups is 1. The molecule has 5 nitrogen and oxygen atoms in total. The van der Waals surface area contributed by atoms with Gasteiger partial charge >= 0.3 is 0 Å². The van der Waals surface area contributed by atoms with Gasteiger partial charge in [-0.25, -0.2) is 8.42 Å². The van der Waals surface area contributed by atoms with Gasteiger partial charge in [0.05, 0.1) is 11.5 Å². The zero-order valence-electron chi connectivity index (χ0n) is 11.9. The standard InChI is InChI=1S/C14H22N2O3S/c1-11(15-2)12-3-7-14(8-4-12)20(18,19)16(9-10-17)13-5-6-13/h3-4,7-8,11,13,15,17H,5-6,9-10H2,1-2H3. The summed E-state index contributed by atoms with van der Waals surface area (Å²) in [6.45, 7) is 2.04. The minimum atomic E-state index is -3.50. The molecule has 20 heavy (non-hydrogen) atoms. The normalized spacial score (nSPS) is 17.4. The van der Waals surface area contributed by atoms with Gasteiger partial charge in [-0.2, -0.15) is 4.31 Å². The fourth-order valence-corrected chi connectivity index (χ4v) is 3.87. The van der Waals surface area contributed by atoms with E-state index in [0.717, 1.165) is 18.4 Å². The minimum Gasteiger partial charge on any atom is -0.395 e. The number of benzene rings is 1. The molecule has 0 spiro atoms. The summed E-state index contributed by atoms with van der Waals surface area (Å²) in [6, 6.07) is 7.19. The van der Waals surface area contributed by atoms with Crippen LogP contribution in [0.15, 0.2) is 29.2 Å². The van der Waals surface area contributed by atoms with Crippen LogP contribution in [-0.2, 0) is 10.0 Å². The third kappa shape index (κ3) is 3.20. The average Bonchev–Trinajstić information content (AvgIpc) is 3.28. The monoisotopic (exact) mass is 298 g/mol. The Morgan fingerprint density at radius 1 is 1.35 bits per heavy atom. The van der Waals surface area contributed by atoms with Crippen LogP contribution in [0.1, 0.15) is 31.4 Å². The zero-order valence-corrected chi connectivity index (χ0v) is 12.7. The molecule has 1 atom stereocenters. The van der Waals surface area contributed by atoms with Gasteiger partial charge < -0.3 is 10.4 Å². The molecule has 1 saturated carbocycles. The highest BCUT2D eigenvalue weighted by Crippen LogP contribution is 2.31. The molecule has 2 N–H and O–H groups in total. The van der Waals surface area contributed by atoms with Crippen LogP contribution in [-0.4, -0.2) is 44.1 Å². The predicted molar refractivity (Wildman–Crippen MR) is 77.9 cm³/mol. The van der Waals surface area contributed by atoms with Crippen molar-refractivity contribution in [3.05, 3.63) is 29.8 Å². The number of hydrogen-bond donors (Lipinski definition) is 2. The Morgan fingerprint density at radius 3 is 2.40 bits per heavy atom. The number of rotatable bonds is 7. The highest BCUT2D eigenvalue weighted by Gasteiger charge is 2.37. The molecule has 2 rings (SSSR count). The summed E-state index contributed by atoms with van der Waals surface area (Å²) in [6.07, 6.45) is 1.77. The third-order valence-corrected chi connectivity index (χ3v) is 5.66. The lowest BCUT2D eigenvalue weighted by Gasteiger charge is -2.21. The summed E-state index contributed by atoms with van der Waals surface area (Å²) in [5.74, 6) is 0. The maximum Gasteiger partial charge on any atom is 0.243 e. The summed E-state index contributed by atoms with van der Waals surface area (Å²) in [4.78, 5) is 0.296. The first kappa shape index (κ1) is 15.4. The van der Waals surface area contributed by atoms with Crippen molar-refractivity contribution in [3.63, 3.8) is 0 Å². The zero-order chi connectivity index (χ0) is 14.8. The van der Waals surface area contributed by atoms with Crippen LogP contribution in [0.2, 0.25) is 0 Å². The van der Waals surface area contributed by atoms with E-state index in [9.17, 15) is 8.42 Å². The highest BCUT2D eigenvalue weighted by molar-refractivity contribution is 7.89. The van der Waals surface area contributed by atoms with Gasteiger partial charge in [-0.1, -0.05) is 12.1 Å². The molecule has 0 aromatic heterocycles. The molecule has 0 heterocycles. The Morgan fingerprint density at radius 2 is 1.95 bits per heavy atom. The average molecular weight is 298 g/mol. The van der Waals surface area contributed by atoms with E-state index in [1.165, 1.54) is 4.31 Å². The fraction of sp³-hybridized carbons (Fsp3) is 0.571. The van der Waals surface area contributed by atoms with E-state index in [1.54, 1.807) is 12.1 Å². The van der Waals surface area contributed by atoms with Crippen molar-refractivity contribution in [2.75, 3.05) is 20.2 Å². The smallest absolute Gasteiger partial charge is 0.243 e. The first-order valence-electron chi connectivity index (χ1n) is 6.90.